The summed E-state index contributed by atoms with van der Waals surface area (Å²) in [5, 5.41) is 0. The monoisotopic (exact) mass is 168 g/mol. The fourth-order valence-electron chi connectivity index (χ4n) is 1.48. The largest absolute Gasteiger partial charge is 0.385 e. The van der Waals surface area contributed by atoms with Crippen molar-refractivity contribution in [2.45, 2.75) is 25.7 Å². The molecule has 0 radical (unpaired) electrons. The van der Waals surface area contributed by atoms with E-state index in [9.17, 15) is 4.79 Å². The van der Waals surface area contributed by atoms with Crippen molar-refractivity contribution in [3.05, 3.63) is 12.2 Å². The van der Waals surface area contributed by atoms with E-state index in [1.807, 2.05) is 6.08 Å². The first-order valence-corrected chi connectivity index (χ1v) is 4.53. The summed E-state index contributed by atoms with van der Waals surface area (Å²) < 4.78 is 4.93. The number of ketones is 1. The van der Waals surface area contributed by atoms with E-state index in [1.165, 1.54) is 0 Å². The molecule has 0 bridgehead atoms. The van der Waals surface area contributed by atoms with Gasteiger partial charge < -0.3 is 4.74 Å². The fourth-order valence-corrected chi connectivity index (χ4v) is 1.48. The lowest BCUT2D eigenvalue weighted by atomic mass is 9.91. The molecule has 0 fully saturated rings. The summed E-state index contributed by atoms with van der Waals surface area (Å²) in [6.07, 6.45) is 7.74. The molecule has 1 aliphatic rings. The van der Waals surface area contributed by atoms with Crippen LogP contribution in [0.1, 0.15) is 25.7 Å². The molecule has 0 saturated heterocycles. The second-order valence-corrected chi connectivity index (χ2v) is 3.17. The van der Waals surface area contributed by atoms with Crippen molar-refractivity contribution in [2.24, 2.45) is 5.92 Å². The summed E-state index contributed by atoms with van der Waals surface area (Å²) in [6.45, 7) is 0.762. The van der Waals surface area contributed by atoms with Crippen molar-refractivity contribution in [3.8, 4) is 0 Å². The molecule has 0 saturated carbocycles. The van der Waals surface area contributed by atoms with Crippen LogP contribution in [0.15, 0.2) is 12.2 Å². The smallest absolute Gasteiger partial charge is 0.140 e. The Morgan fingerprint density at radius 1 is 1.67 bits per heavy atom. The lowest BCUT2D eigenvalue weighted by Crippen LogP contribution is -2.15. The van der Waals surface area contributed by atoms with Crippen molar-refractivity contribution in [3.63, 3.8) is 0 Å². The highest BCUT2D eigenvalue weighted by molar-refractivity contribution is 5.83. The SMILES string of the molecule is COCCCC1C=CCCC1=O. The first-order chi connectivity index (χ1) is 5.84. The van der Waals surface area contributed by atoms with Crippen molar-refractivity contribution in [1.82, 2.24) is 0 Å². The number of hydrogen-bond donors (Lipinski definition) is 0. The van der Waals surface area contributed by atoms with E-state index in [0.717, 1.165) is 32.3 Å². The maximum atomic E-state index is 11.3. The predicted molar refractivity (Wildman–Crippen MR) is 48.0 cm³/mol. The summed E-state index contributed by atoms with van der Waals surface area (Å²) >= 11 is 0. The zero-order chi connectivity index (χ0) is 8.81. The minimum atomic E-state index is 0.175. The topological polar surface area (TPSA) is 26.3 Å². The van der Waals surface area contributed by atoms with Crippen molar-refractivity contribution < 1.29 is 9.53 Å². The van der Waals surface area contributed by atoms with Crippen LogP contribution >= 0.6 is 0 Å². The van der Waals surface area contributed by atoms with Gasteiger partial charge in [-0.3, -0.25) is 4.79 Å². The Morgan fingerprint density at radius 3 is 3.17 bits per heavy atom. The number of Topliss-reactive ketones (excluding diaryl/α,β-unsaturated/α-hetero) is 1. The van der Waals surface area contributed by atoms with Gasteiger partial charge in [-0.25, -0.2) is 0 Å². The van der Waals surface area contributed by atoms with E-state index < -0.39 is 0 Å². The molecule has 2 heteroatoms. The van der Waals surface area contributed by atoms with E-state index >= 15 is 0 Å². The Bertz CT molecular complexity index is 173. The van der Waals surface area contributed by atoms with Gasteiger partial charge in [0.1, 0.15) is 5.78 Å². The number of carbonyl (C=O) groups is 1. The number of hydrogen-bond acceptors (Lipinski definition) is 2. The predicted octanol–water partition coefficient (Wildman–Crippen LogP) is 1.95. The Labute approximate surface area is 73.6 Å². The molecule has 0 spiro atoms. The van der Waals surface area contributed by atoms with Crippen LogP contribution < -0.4 is 0 Å². The first-order valence-electron chi connectivity index (χ1n) is 4.53. The molecule has 1 aliphatic carbocycles. The third-order valence-electron chi connectivity index (χ3n) is 2.20. The maximum Gasteiger partial charge on any atom is 0.140 e. The van der Waals surface area contributed by atoms with Crippen molar-refractivity contribution in [1.29, 1.82) is 0 Å². The standard InChI is InChI=1S/C10H16O2/c1-12-8-4-6-9-5-2-3-7-10(9)11/h2,5,9H,3-4,6-8H2,1H3. The molecule has 68 valence electrons. The average Bonchev–Trinajstić information content (AvgIpc) is 2.09. The molecule has 12 heavy (non-hydrogen) atoms. The van der Waals surface area contributed by atoms with Crippen LogP contribution in [0.25, 0.3) is 0 Å². The number of carbonyl (C=O) groups excluding carboxylic acids is 1. The quantitative estimate of drug-likeness (QED) is 0.473. The number of allylic oxidation sites excluding steroid dienone is 2. The molecule has 0 N–H and O–H groups in total. The van der Waals surface area contributed by atoms with E-state index in [0.29, 0.717) is 5.78 Å². The van der Waals surface area contributed by atoms with Gasteiger partial charge in [0.25, 0.3) is 0 Å². The molecular weight excluding hydrogens is 152 g/mol. The maximum absolute atomic E-state index is 11.3. The number of ether oxygens (including phenoxy) is 1. The summed E-state index contributed by atoms with van der Waals surface area (Å²) in [5.74, 6) is 0.572. The highest BCUT2D eigenvalue weighted by Gasteiger charge is 2.16. The molecule has 1 atom stereocenters. The molecular formula is C10H16O2. The first kappa shape index (κ1) is 9.46. The minimum absolute atomic E-state index is 0.175. The molecule has 0 amide bonds. The van der Waals surface area contributed by atoms with Crippen LogP contribution in [0.3, 0.4) is 0 Å². The zero-order valence-electron chi connectivity index (χ0n) is 7.58. The van der Waals surface area contributed by atoms with E-state index in [4.69, 9.17) is 4.74 Å². The van der Waals surface area contributed by atoms with Crippen LogP contribution in [0.5, 0.6) is 0 Å². The van der Waals surface area contributed by atoms with Gasteiger partial charge in [-0.05, 0) is 19.3 Å². The zero-order valence-corrected chi connectivity index (χ0v) is 7.58. The van der Waals surface area contributed by atoms with Gasteiger partial charge in [-0.1, -0.05) is 12.2 Å². The van der Waals surface area contributed by atoms with Gasteiger partial charge >= 0.3 is 0 Å². The molecule has 2 nitrogen and oxygen atoms in total. The van der Waals surface area contributed by atoms with Gasteiger partial charge in [0.15, 0.2) is 0 Å². The second kappa shape index (κ2) is 5.09. The van der Waals surface area contributed by atoms with Gasteiger partial charge in [0.2, 0.25) is 0 Å². The number of methoxy groups -OCH3 is 1. The van der Waals surface area contributed by atoms with Crippen LogP contribution in [0.2, 0.25) is 0 Å². The minimum Gasteiger partial charge on any atom is -0.385 e. The lowest BCUT2D eigenvalue weighted by molar-refractivity contribution is -0.122. The van der Waals surface area contributed by atoms with Crippen LogP contribution in [-0.2, 0) is 9.53 Å². The molecule has 1 unspecified atom stereocenters. The van der Waals surface area contributed by atoms with Crippen LogP contribution in [0, 0.1) is 5.92 Å². The van der Waals surface area contributed by atoms with E-state index in [2.05, 4.69) is 6.08 Å². The normalized spacial score (nSPS) is 23.1. The third-order valence-corrected chi connectivity index (χ3v) is 2.20. The van der Waals surface area contributed by atoms with Gasteiger partial charge in [-0.2, -0.15) is 0 Å². The van der Waals surface area contributed by atoms with Gasteiger partial charge in [-0.15, -0.1) is 0 Å². The van der Waals surface area contributed by atoms with Crippen molar-refractivity contribution in [2.75, 3.05) is 13.7 Å². The van der Waals surface area contributed by atoms with Gasteiger partial charge in [0, 0.05) is 26.1 Å². The molecule has 0 aromatic rings. The molecule has 0 aliphatic heterocycles. The van der Waals surface area contributed by atoms with Crippen molar-refractivity contribution >= 4 is 5.78 Å². The Hall–Kier alpha value is -0.630. The Kier molecular flexibility index (Phi) is 4.01. The Morgan fingerprint density at radius 2 is 2.50 bits per heavy atom. The summed E-state index contributed by atoms with van der Waals surface area (Å²) in [6, 6.07) is 0. The average molecular weight is 168 g/mol. The van der Waals surface area contributed by atoms with Crippen LogP contribution in [-0.4, -0.2) is 19.5 Å². The number of rotatable bonds is 4. The van der Waals surface area contributed by atoms with Crippen LogP contribution in [0.4, 0.5) is 0 Å². The lowest BCUT2D eigenvalue weighted by Gasteiger charge is -2.14. The van der Waals surface area contributed by atoms with E-state index in [-0.39, 0.29) is 5.92 Å². The second-order valence-electron chi connectivity index (χ2n) is 3.17. The molecule has 0 heterocycles. The summed E-state index contributed by atoms with van der Waals surface area (Å²) in [7, 11) is 1.69. The summed E-state index contributed by atoms with van der Waals surface area (Å²) in [5.41, 5.74) is 0. The van der Waals surface area contributed by atoms with Gasteiger partial charge in [0.05, 0.1) is 0 Å². The highest BCUT2D eigenvalue weighted by Crippen LogP contribution is 2.17. The van der Waals surface area contributed by atoms with E-state index in [1.54, 1.807) is 7.11 Å². The summed E-state index contributed by atoms with van der Waals surface area (Å²) in [4.78, 5) is 11.3. The molecule has 0 aromatic carbocycles. The molecule has 0 aromatic heterocycles. The Balaban J connectivity index is 2.25. The molecule has 1 rings (SSSR count). The highest BCUT2D eigenvalue weighted by atomic mass is 16.5. The fraction of sp³-hybridized carbons (Fsp3) is 0.700. The third kappa shape index (κ3) is 2.78.